The highest BCUT2D eigenvalue weighted by atomic mass is 32.1. The number of piperazine rings is 1. The highest BCUT2D eigenvalue weighted by molar-refractivity contribution is 7.16. The summed E-state index contributed by atoms with van der Waals surface area (Å²) >= 11 is 1.64. The van der Waals surface area contributed by atoms with Gasteiger partial charge in [-0.1, -0.05) is 30.3 Å². The number of carbonyl (C=O) groups is 1. The number of hydrogen-bond acceptors (Lipinski definition) is 6. The van der Waals surface area contributed by atoms with Crippen LogP contribution in [0.25, 0.3) is 10.2 Å². The van der Waals surface area contributed by atoms with E-state index in [0.717, 1.165) is 42.2 Å². The average Bonchev–Trinajstić information content (AvgIpc) is 3.48. The Morgan fingerprint density at radius 3 is 2.66 bits per heavy atom. The van der Waals surface area contributed by atoms with Crippen molar-refractivity contribution < 1.29 is 4.79 Å². The summed E-state index contributed by atoms with van der Waals surface area (Å²) in [6.07, 6.45) is 4.05. The van der Waals surface area contributed by atoms with Crippen molar-refractivity contribution >= 4 is 33.3 Å². The summed E-state index contributed by atoms with van der Waals surface area (Å²) < 4.78 is 0. The number of nitrogens with one attached hydrogen (secondary N) is 1. The van der Waals surface area contributed by atoms with Crippen molar-refractivity contribution in [2.45, 2.75) is 18.9 Å². The fraction of sp³-hybridized carbons (Fsp3) is 0.409. The van der Waals surface area contributed by atoms with Gasteiger partial charge in [-0.25, -0.2) is 9.97 Å². The number of aromatic nitrogens is 2. The third kappa shape index (κ3) is 4.11. The van der Waals surface area contributed by atoms with E-state index in [2.05, 4.69) is 48.7 Å². The second-order valence-electron chi connectivity index (χ2n) is 7.89. The van der Waals surface area contributed by atoms with Crippen molar-refractivity contribution in [1.82, 2.24) is 20.2 Å². The largest absolute Gasteiger partial charge is 0.353 e. The van der Waals surface area contributed by atoms with Gasteiger partial charge in [0.05, 0.1) is 18.0 Å². The lowest BCUT2D eigenvalue weighted by Crippen LogP contribution is -2.50. The first-order valence-corrected chi connectivity index (χ1v) is 11.2. The monoisotopic (exact) mass is 407 g/mol. The van der Waals surface area contributed by atoms with Gasteiger partial charge in [-0.05, 0) is 35.8 Å². The Kier molecular flexibility index (Phi) is 5.16. The summed E-state index contributed by atoms with van der Waals surface area (Å²) in [5.41, 5.74) is 1.22. The van der Waals surface area contributed by atoms with Crippen LogP contribution in [0.3, 0.4) is 0 Å². The molecule has 1 amide bonds. The molecule has 1 saturated carbocycles. The molecule has 3 heterocycles. The lowest BCUT2D eigenvalue weighted by molar-refractivity contribution is -0.123. The second-order valence-corrected chi connectivity index (χ2v) is 8.79. The number of benzene rings is 1. The molecule has 0 spiro atoms. The van der Waals surface area contributed by atoms with Crippen LogP contribution in [0.15, 0.2) is 48.1 Å². The topological polar surface area (TPSA) is 61.4 Å². The van der Waals surface area contributed by atoms with Crippen LogP contribution in [0.2, 0.25) is 0 Å². The van der Waals surface area contributed by atoms with E-state index in [1.165, 1.54) is 18.4 Å². The van der Waals surface area contributed by atoms with Gasteiger partial charge in [-0.15, -0.1) is 11.3 Å². The Hall–Kier alpha value is -2.51. The van der Waals surface area contributed by atoms with Crippen LogP contribution in [-0.4, -0.2) is 53.5 Å². The van der Waals surface area contributed by atoms with Crippen LogP contribution >= 0.6 is 11.3 Å². The number of nitrogens with zero attached hydrogens (tertiary/aromatic N) is 4. The smallest absolute Gasteiger partial charge is 0.234 e. The fourth-order valence-electron chi connectivity index (χ4n) is 4.13. The van der Waals surface area contributed by atoms with Crippen molar-refractivity contribution in [3.05, 3.63) is 53.7 Å². The Labute approximate surface area is 174 Å². The zero-order valence-corrected chi connectivity index (χ0v) is 17.1. The molecule has 3 aromatic rings. The van der Waals surface area contributed by atoms with Crippen molar-refractivity contribution in [3.63, 3.8) is 0 Å². The molecule has 6 nitrogen and oxygen atoms in total. The van der Waals surface area contributed by atoms with Gasteiger partial charge < -0.3 is 10.2 Å². The van der Waals surface area contributed by atoms with Gasteiger partial charge in [0.25, 0.3) is 0 Å². The molecule has 29 heavy (non-hydrogen) atoms. The zero-order chi connectivity index (χ0) is 19.6. The van der Waals surface area contributed by atoms with Crippen molar-refractivity contribution in [1.29, 1.82) is 0 Å². The minimum atomic E-state index is 0.126. The molecule has 1 N–H and O–H groups in total. The number of anilines is 1. The van der Waals surface area contributed by atoms with Crippen molar-refractivity contribution in [2.75, 3.05) is 37.6 Å². The molecule has 1 saturated heterocycles. The Morgan fingerprint density at radius 1 is 1.10 bits per heavy atom. The van der Waals surface area contributed by atoms with E-state index in [1.807, 2.05) is 18.2 Å². The highest BCUT2D eigenvalue weighted by Crippen LogP contribution is 2.40. The van der Waals surface area contributed by atoms with E-state index in [4.69, 9.17) is 0 Å². The number of thiophene rings is 1. The summed E-state index contributed by atoms with van der Waals surface area (Å²) in [6, 6.07) is 12.6. The summed E-state index contributed by atoms with van der Waals surface area (Å²) in [5.74, 6) is 1.73. The molecule has 2 aliphatic rings. The minimum Gasteiger partial charge on any atom is -0.353 e. The van der Waals surface area contributed by atoms with E-state index in [1.54, 1.807) is 17.7 Å². The van der Waals surface area contributed by atoms with Crippen LogP contribution in [0.5, 0.6) is 0 Å². The van der Waals surface area contributed by atoms with Crippen LogP contribution in [0.1, 0.15) is 24.4 Å². The molecular weight excluding hydrogens is 382 g/mol. The predicted octanol–water partition coefficient (Wildman–Crippen LogP) is 3.08. The molecule has 2 fully saturated rings. The predicted molar refractivity (Wildman–Crippen MR) is 116 cm³/mol. The molecule has 150 valence electrons. The van der Waals surface area contributed by atoms with Gasteiger partial charge in [-0.3, -0.25) is 9.69 Å². The molecule has 1 atom stereocenters. The lowest BCUT2D eigenvalue weighted by Gasteiger charge is -2.35. The van der Waals surface area contributed by atoms with E-state index in [-0.39, 0.29) is 11.9 Å². The Morgan fingerprint density at radius 2 is 1.90 bits per heavy atom. The van der Waals surface area contributed by atoms with Crippen molar-refractivity contribution in [2.24, 2.45) is 5.92 Å². The summed E-state index contributed by atoms with van der Waals surface area (Å²) in [6.45, 7) is 3.94. The first kappa shape index (κ1) is 18.5. The van der Waals surface area contributed by atoms with Crippen molar-refractivity contribution in [3.8, 4) is 0 Å². The zero-order valence-electron chi connectivity index (χ0n) is 16.3. The lowest BCUT2D eigenvalue weighted by atomic mass is 10.0. The number of amides is 1. The van der Waals surface area contributed by atoms with Gasteiger partial charge in [0.2, 0.25) is 5.91 Å². The molecular formula is C22H25N5OS. The quantitative estimate of drug-likeness (QED) is 0.680. The molecule has 0 radical (unpaired) electrons. The van der Waals surface area contributed by atoms with Gasteiger partial charge in [-0.2, -0.15) is 0 Å². The molecule has 1 aliphatic heterocycles. The Balaban J connectivity index is 1.17. The normalized spacial score (nSPS) is 18.7. The van der Waals surface area contributed by atoms with Crippen LogP contribution in [0.4, 0.5) is 5.82 Å². The molecule has 0 bridgehead atoms. The van der Waals surface area contributed by atoms with E-state index in [9.17, 15) is 4.79 Å². The maximum absolute atomic E-state index is 12.7. The standard InChI is InChI=1S/C22H25N5OS/c28-19(25-20(17-6-7-17)16-4-2-1-3-5-16)14-26-9-11-27(12-10-26)21-18-8-13-29-22(18)24-15-23-21/h1-5,8,13,15,17,20H,6-7,9-12,14H2,(H,25,28). The number of carbonyl (C=O) groups excluding carboxylic acids is 1. The number of fused-ring (bicyclic) bond motifs is 1. The molecule has 1 aliphatic carbocycles. The summed E-state index contributed by atoms with van der Waals surface area (Å²) in [5, 5.41) is 6.48. The maximum atomic E-state index is 12.7. The molecule has 1 aromatic carbocycles. The summed E-state index contributed by atoms with van der Waals surface area (Å²) in [7, 11) is 0. The van der Waals surface area contributed by atoms with Crippen LogP contribution < -0.4 is 10.2 Å². The highest BCUT2D eigenvalue weighted by Gasteiger charge is 2.33. The second kappa shape index (κ2) is 8.08. The molecule has 5 rings (SSSR count). The van der Waals surface area contributed by atoms with E-state index in [0.29, 0.717) is 12.5 Å². The molecule has 1 unspecified atom stereocenters. The third-order valence-electron chi connectivity index (χ3n) is 5.85. The van der Waals surface area contributed by atoms with Gasteiger partial charge in [0, 0.05) is 26.2 Å². The molecule has 7 heteroatoms. The first-order chi connectivity index (χ1) is 14.3. The van der Waals surface area contributed by atoms with Gasteiger partial charge in [0.1, 0.15) is 17.0 Å². The van der Waals surface area contributed by atoms with Crippen LogP contribution in [0, 0.1) is 5.92 Å². The average molecular weight is 408 g/mol. The fourth-order valence-corrected chi connectivity index (χ4v) is 4.86. The van der Waals surface area contributed by atoms with E-state index < -0.39 is 0 Å². The van der Waals surface area contributed by atoms with Crippen LogP contribution in [-0.2, 0) is 4.79 Å². The molecule has 2 aromatic heterocycles. The summed E-state index contributed by atoms with van der Waals surface area (Å²) in [4.78, 5) is 27.2. The number of hydrogen-bond donors (Lipinski definition) is 1. The minimum absolute atomic E-state index is 0.126. The SMILES string of the molecule is O=C(CN1CCN(c2ncnc3sccc23)CC1)NC(c1ccccc1)C1CC1. The van der Waals surface area contributed by atoms with Gasteiger partial charge >= 0.3 is 0 Å². The van der Waals surface area contributed by atoms with Gasteiger partial charge in [0.15, 0.2) is 0 Å². The maximum Gasteiger partial charge on any atom is 0.234 e. The van der Waals surface area contributed by atoms with E-state index >= 15 is 0 Å². The number of rotatable bonds is 6. The first-order valence-electron chi connectivity index (χ1n) is 10.3. The third-order valence-corrected chi connectivity index (χ3v) is 6.67. The Bertz CT molecular complexity index is 979.